The van der Waals surface area contributed by atoms with Gasteiger partial charge in [0.25, 0.3) is 5.91 Å². The summed E-state index contributed by atoms with van der Waals surface area (Å²) in [6.45, 7) is 0.370. The molecule has 1 atom stereocenters. The lowest BCUT2D eigenvalue weighted by Crippen LogP contribution is -2.40. The van der Waals surface area contributed by atoms with Crippen molar-refractivity contribution in [3.05, 3.63) is 47.5 Å². The van der Waals surface area contributed by atoms with E-state index in [4.69, 9.17) is 18.9 Å². The molecule has 0 aromatic heterocycles. The smallest absolute Gasteiger partial charge is 0.251 e. The van der Waals surface area contributed by atoms with E-state index in [1.165, 1.54) is 33.5 Å². The van der Waals surface area contributed by atoms with E-state index in [2.05, 4.69) is 10.6 Å². The lowest BCUT2D eigenvalue weighted by atomic mass is 10.0. The van der Waals surface area contributed by atoms with Crippen molar-refractivity contribution >= 4 is 11.8 Å². The molecule has 8 nitrogen and oxygen atoms in total. The number of amides is 2. The predicted octanol–water partition coefficient (Wildman–Crippen LogP) is 2.08. The van der Waals surface area contributed by atoms with Gasteiger partial charge >= 0.3 is 0 Å². The highest BCUT2D eigenvalue weighted by molar-refractivity contribution is 5.97. The molecule has 1 unspecified atom stereocenters. The molecule has 2 N–H and O–H groups in total. The van der Waals surface area contributed by atoms with Crippen LogP contribution < -0.4 is 29.6 Å². The van der Waals surface area contributed by atoms with Gasteiger partial charge in [0.2, 0.25) is 11.7 Å². The lowest BCUT2D eigenvalue weighted by molar-refractivity contribution is -0.121. The summed E-state index contributed by atoms with van der Waals surface area (Å²) >= 11 is 0. The minimum Gasteiger partial charge on any atom is -0.493 e. The van der Waals surface area contributed by atoms with Crippen molar-refractivity contribution in [3.8, 4) is 23.0 Å². The van der Waals surface area contributed by atoms with E-state index in [9.17, 15) is 9.59 Å². The third-order valence-corrected chi connectivity index (χ3v) is 4.63. The first-order chi connectivity index (χ1) is 14.1. The van der Waals surface area contributed by atoms with Gasteiger partial charge in [0.1, 0.15) is 5.75 Å². The van der Waals surface area contributed by atoms with Crippen molar-refractivity contribution < 1.29 is 28.5 Å². The van der Waals surface area contributed by atoms with Gasteiger partial charge in [-0.2, -0.15) is 0 Å². The predicted molar refractivity (Wildman–Crippen MR) is 106 cm³/mol. The van der Waals surface area contributed by atoms with Crippen molar-refractivity contribution in [2.45, 2.75) is 12.5 Å². The van der Waals surface area contributed by atoms with Crippen molar-refractivity contribution in [3.63, 3.8) is 0 Å². The van der Waals surface area contributed by atoms with Crippen LogP contribution in [-0.2, 0) is 4.79 Å². The molecule has 2 aromatic carbocycles. The Labute approximate surface area is 169 Å². The Hall–Kier alpha value is -3.42. The quantitative estimate of drug-likeness (QED) is 0.739. The molecule has 3 rings (SSSR count). The first-order valence-electron chi connectivity index (χ1n) is 9.16. The standard InChI is InChI=1S/C21H24N2O6/c1-26-17-10-13(11-18(27-2)20(17)28-3)21(25)22-12-19(24)23-15-8-9-29-16-7-5-4-6-14(15)16/h4-7,10-11,15H,8-9,12H2,1-3H3,(H,22,25)(H,23,24). The number of hydrogen-bond donors (Lipinski definition) is 2. The number of hydrogen-bond acceptors (Lipinski definition) is 6. The number of ether oxygens (including phenoxy) is 4. The highest BCUT2D eigenvalue weighted by Crippen LogP contribution is 2.38. The van der Waals surface area contributed by atoms with Crippen LogP contribution in [0, 0.1) is 0 Å². The van der Waals surface area contributed by atoms with Crippen LogP contribution in [-0.4, -0.2) is 46.3 Å². The molecule has 2 aromatic rings. The summed E-state index contributed by atoms with van der Waals surface area (Å²) in [6, 6.07) is 10.5. The molecule has 1 aliphatic heterocycles. The molecule has 154 valence electrons. The second-order valence-corrected chi connectivity index (χ2v) is 6.39. The molecular formula is C21H24N2O6. The Bertz CT molecular complexity index is 873. The molecule has 8 heteroatoms. The monoisotopic (exact) mass is 400 g/mol. The van der Waals surface area contributed by atoms with E-state index in [0.29, 0.717) is 35.8 Å². The zero-order valence-corrected chi connectivity index (χ0v) is 16.6. The third kappa shape index (κ3) is 4.53. The maximum absolute atomic E-state index is 12.5. The molecular weight excluding hydrogens is 376 g/mol. The number of nitrogens with one attached hydrogen (secondary N) is 2. The van der Waals surface area contributed by atoms with Crippen molar-refractivity contribution in [1.82, 2.24) is 10.6 Å². The lowest BCUT2D eigenvalue weighted by Gasteiger charge is -2.26. The van der Waals surface area contributed by atoms with Crippen LogP contribution in [0.1, 0.15) is 28.4 Å². The number of carbonyl (C=O) groups is 2. The van der Waals surface area contributed by atoms with E-state index in [1.54, 1.807) is 0 Å². The van der Waals surface area contributed by atoms with Crippen LogP contribution in [0.5, 0.6) is 23.0 Å². The number of carbonyl (C=O) groups excluding carboxylic acids is 2. The van der Waals surface area contributed by atoms with Gasteiger partial charge in [-0.25, -0.2) is 0 Å². The summed E-state index contributed by atoms with van der Waals surface area (Å²) in [5, 5.41) is 5.56. The largest absolute Gasteiger partial charge is 0.493 e. The van der Waals surface area contributed by atoms with Crippen LogP contribution in [0.3, 0.4) is 0 Å². The van der Waals surface area contributed by atoms with Crippen LogP contribution in [0.15, 0.2) is 36.4 Å². The Morgan fingerprint density at radius 1 is 1.07 bits per heavy atom. The summed E-state index contributed by atoms with van der Waals surface area (Å²) in [7, 11) is 4.43. The SMILES string of the molecule is COc1cc(C(=O)NCC(=O)NC2CCOc3ccccc32)cc(OC)c1OC. The molecule has 0 saturated heterocycles. The highest BCUT2D eigenvalue weighted by Gasteiger charge is 2.23. The summed E-state index contributed by atoms with van der Waals surface area (Å²) in [6.07, 6.45) is 0.670. The zero-order valence-electron chi connectivity index (χ0n) is 16.6. The molecule has 0 aliphatic carbocycles. The minimum atomic E-state index is -0.424. The number of benzene rings is 2. The van der Waals surface area contributed by atoms with E-state index in [1.807, 2.05) is 24.3 Å². The van der Waals surface area contributed by atoms with Crippen LogP contribution in [0.25, 0.3) is 0 Å². The average molecular weight is 400 g/mol. The van der Waals surface area contributed by atoms with Crippen LogP contribution in [0.2, 0.25) is 0 Å². The molecule has 1 heterocycles. The van der Waals surface area contributed by atoms with Gasteiger partial charge in [-0.1, -0.05) is 18.2 Å². The van der Waals surface area contributed by atoms with Gasteiger partial charge in [-0.05, 0) is 18.2 Å². The molecule has 0 spiro atoms. The summed E-state index contributed by atoms with van der Waals surface area (Å²) in [5.74, 6) is 1.17. The van der Waals surface area contributed by atoms with Crippen LogP contribution >= 0.6 is 0 Å². The fourth-order valence-corrected chi connectivity index (χ4v) is 3.21. The number of rotatable bonds is 7. The Morgan fingerprint density at radius 3 is 2.41 bits per heavy atom. The third-order valence-electron chi connectivity index (χ3n) is 4.63. The summed E-state index contributed by atoms with van der Waals surface area (Å²) < 4.78 is 21.4. The van der Waals surface area contributed by atoms with Gasteiger partial charge in [0, 0.05) is 17.5 Å². The van der Waals surface area contributed by atoms with E-state index in [0.717, 1.165) is 11.3 Å². The molecule has 1 aliphatic rings. The molecule has 0 bridgehead atoms. The van der Waals surface area contributed by atoms with E-state index in [-0.39, 0.29) is 18.5 Å². The number of methoxy groups -OCH3 is 3. The van der Waals surface area contributed by atoms with E-state index >= 15 is 0 Å². The first kappa shape index (κ1) is 20.3. The highest BCUT2D eigenvalue weighted by atomic mass is 16.5. The number of para-hydroxylation sites is 1. The average Bonchev–Trinajstić information content (AvgIpc) is 2.76. The fraction of sp³-hybridized carbons (Fsp3) is 0.333. The maximum Gasteiger partial charge on any atom is 0.251 e. The fourth-order valence-electron chi connectivity index (χ4n) is 3.21. The molecule has 0 saturated carbocycles. The number of fused-ring (bicyclic) bond motifs is 1. The van der Waals surface area contributed by atoms with Gasteiger partial charge in [-0.15, -0.1) is 0 Å². The Balaban J connectivity index is 1.63. The van der Waals surface area contributed by atoms with Gasteiger partial charge in [0.15, 0.2) is 11.5 Å². The second-order valence-electron chi connectivity index (χ2n) is 6.39. The minimum absolute atomic E-state index is 0.148. The maximum atomic E-state index is 12.5. The Kier molecular flexibility index (Phi) is 6.43. The topological polar surface area (TPSA) is 95.1 Å². The molecule has 2 amide bonds. The first-order valence-corrected chi connectivity index (χ1v) is 9.16. The van der Waals surface area contributed by atoms with Crippen LogP contribution in [0.4, 0.5) is 0 Å². The van der Waals surface area contributed by atoms with E-state index < -0.39 is 5.91 Å². The van der Waals surface area contributed by atoms with Crippen molar-refractivity contribution in [2.24, 2.45) is 0 Å². The molecule has 29 heavy (non-hydrogen) atoms. The second kappa shape index (κ2) is 9.18. The van der Waals surface area contributed by atoms with Crippen molar-refractivity contribution in [1.29, 1.82) is 0 Å². The molecule has 0 fully saturated rings. The van der Waals surface area contributed by atoms with Gasteiger partial charge < -0.3 is 29.6 Å². The van der Waals surface area contributed by atoms with Gasteiger partial charge in [-0.3, -0.25) is 9.59 Å². The Morgan fingerprint density at radius 2 is 1.76 bits per heavy atom. The van der Waals surface area contributed by atoms with Gasteiger partial charge in [0.05, 0.1) is 40.5 Å². The van der Waals surface area contributed by atoms with Crippen molar-refractivity contribution in [2.75, 3.05) is 34.5 Å². The normalized spacial score (nSPS) is 14.8. The molecule has 0 radical (unpaired) electrons. The summed E-state index contributed by atoms with van der Waals surface area (Å²) in [4.78, 5) is 24.9. The zero-order chi connectivity index (χ0) is 20.8. The summed E-state index contributed by atoms with van der Waals surface area (Å²) in [5.41, 5.74) is 1.23.